The Morgan fingerprint density at radius 1 is 0.789 bits per heavy atom. The van der Waals surface area contributed by atoms with Crippen LogP contribution in [-0.4, -0.2) is 9.97 Å². The average Bonchev–Trinajstić information content (AvgIpc) is 2.48. The van der Waals surface area contributed by atoms with Gasteiger partial charge in [0.1, 0.15) is 0 Å². The van der Waals surface area contributed by atoms with Gasteiger partial charge in [-0.2, -0.15) is 0 Å². The summed E-state index contributed by atoms with van der Waals surface area (Å²) < 4.78 is 0. The van der Waals surface area contributed by atoms with Gasteiger partial charge in [0.2, 0.25) is 0 Å². The van der Waals surface area contributed by atoms with Crippen LogP contribution in [0.2, 0.25) is 0 Å². The third kappa shape index (κ3) is 3.63. The van der Waals surface area contributed by atoms with Crippen molar-refractivity contribution in [3.05, 3.63) is 59.2 Å². The van der Waals surface area contributed by atoms with E-state index in [1.165, 1.54) is 22.5 Å². The molecule has 2 heteroatoms. The van der Waals surface area contributed by atoms with Gasteiger partial charge in [0.25, 0.3) is 0 Å². The van der Waals surface area contributed by atoms with Crippen molar-refractivity contribution in [2.45, 2.75) is 46.0 Å². The van der Waals surface area contributed by atoms with Crippen molar-refractivity contribution in [1.29, 1.82) is 0 Å². The molecule has 0 spiro atoms. The Morgan fingerprint density at radius 2 is 1.26 bits per heavy atom. The molecule has 0 fully saturated rings. The number of hydrogen-bond donors (Lipinski definition) is 0. The molecule has 2 heterocycles. The van der Waals surface area contributed by atoms with E-state index in [4.69, 9.17) is 0 Å². The molecule has 0 saturated carbocycles. The Bertz CT molecular complexity index is 473. The van der Waals surface area contributed by atoms with E-state index in [9.17, 15) is 0 Å². The number of rotatable bonds is 6. The van der Waals surface area contributed by atoms with Crippen LogP contribution < -0.4 is 0 Å². The molecule has 0 unspecified atom stereocenters. The van der Waals surface area contributed by atoms with E-state index in [2.05, 4.69) is 35.9 Å². The fourth-order valence-electron chi connectivity index (χ4n) is 2.46. The Hall–Kier alpha value is -1.70. The number of nitrogens with zero attached hydrogens (tertiary/aromatic N) is 2. The molecule has 0 saturated heterocycles. The highest BCUT2D eigenvalue weighted by Gasteiger charge is 2.04. The molecular weight excluding hydrogens is 232 g/mol. The van der Waals surface area contributed by atoms with E-state index in [0.29, 0.717) is 0 Å². The fourth-order valence-corrected chi connectivity index (χ4v) is 2.46. The second-order valence-corrected chi connectivity index (χ2v) is 4.78. The summed E-state index contributed by atoms with van der Waals surface area (Å²) >= 11 is 0. The topological polar surface area (TPSA) is 25.8 Å². The van der Waals surface area contributed by atoms with E-state index in [1.54, 1.807) is 0 Å². The third-order valence-corrected chi connectivity index (χ3v) is 3.56. The maximum absolute atomic E-state index is 4.50. The van der Waals surface area contributed by atoms with E-state index in [1.807, 2.05) is 24.5 Å². The number of hydrogen-bond acceptors (Lipinski definition) is 2. The lowest BCUT2D eigenvalue weighted by Gasteiger charge is -2.08. The molecule has 100 valence electrons. The zero-order valence-electron chi connectivity index (χ0n) is 11.9. The lowest BCUT2D eigenvalue weighted by atomic mass is 10.0. The van der Waals surface area contributed by atoms with Gasteiger partial charge in [0, 0.05) is 23.8 Å². The molecule has 2 rings (SSSR count). The van der Waals surface area contributed by atoms with Crippen LogP contribution in [0.4, 0.5) is 0 Å². The van der Waals surface area contributed by atoms with Gasteiger partial charge in [-0.15, -0.1) is 0 Å². The van der Waals surface area contributed by atoms with Crippen molar-refractivity contribution in [3.63, 3.8) is 0 Å². The standard InChI is InChI=1S/C17H22N2/c1-3-14-8-6-12-18-16(14)10-5-11-17-15(4-2)9-7-13-19-17/h6-9,12-13H,3-5,10-11H2,1-2H3. The van der Waals surface area contributed by atoms with Crippen molar-refractivity contribution in [2.24, 2.45) is 0 Å². The first-order valence-electron chi connectivity index (χ1n) is 7.20. The minimum Gasteiger partial charge on any atom is -0.261 e. The predicted octanol–water partition coefficient (Wildman–Crippen LogP) is 3.78. The SMILES string of the molecule is CCc1cccnc1CCCc1ncccc1CC. The van der Waals surface area contributed by atoms with Gasteiger partial charge in [-0.25, -0.2) is 0 Å². The molecule has 0 aromatic carbocycles. The highest BCUT2D eigenvalue weighted by atomic mass is 14.7. The second kappa shape index (κ2) is 7.03. The molecule has 2 aromatic heterocycles. The highest BCUT2D eigenvalue weighted by Crippen LogP contribution is 2.13. The number of aromatic nitrogens is 2. The van der Waals surface area contributed by atoms with Crippen LogP contribution in [0.3, 0.4) is 0 Å². The Labute approximate surface area is 115 Å². The Morgan fingerprint density at radius 3 is 1.68 bits per heavy atom. The first-order chi connectivity index (χ1) is 9.35. The maximum atomic E-state index is 4.50. The van der Waals surface area contributed by atoms with Gasteiger partial charge in [-0.05, 0) is 55.4 Å². The summed E-state index contributed by atoms with van der Waals surface area (Å²) in [5.74, 6) is 0. The molecule has 19 heavy (non-hydrogen) atoms. The maximum Gasteiger partial charge on any atom is 0.0435 e. The predicted molar refractivity (Wildman–Crippen MR) is 79.3 cm³/mol. The Balaban J connectivity index is 1.96. The van der Waals surface area contributed by atoms with Crippen LogP contribution in [0.5, 0.6) is 0 Å². The van der Waals surface area contributed by atoms with E-state index in [0.717, 1.165) is 32.1 Å². The van der Waals surface area contributed by atoms with Crippen LogP contribution >= 0.6 is 0 Å². The molecule has 0 radical (unpaired) electrons. The fraction of sp³-hybridized carbons (Fsp3) is 0.412. The van der Waals surface area contributed by atoms with Gasteiger partial charge < -0.3 is 0 Å². The normalized spacial score (nSPS) is 10.6. The van der Waals surface area contributed by atoms with Crippen molar-refractivity contribution in [2.75, 3.05) is 0 Å². The summed E-state index contributed by atoms with van der Waals surface area (Å²) in [7, 11) is 0. The summed E-state index contributed by atoms with van der Waals surface area (Å²) in [5, 5.41) is 0. The third-order valence-electron chi connectivity index (χ3n) is 3.56. The van der Waals surface area contributed by atoms with Crippen LogP contribution in [0.1, 0.15) is 42.8 Å². The van der Waals surface area contributed by atoms with Gasteiger partial charge in [-0.1, -0.05) is 26.0 Å². The molecule has 0 aliphatic carbocycles. The first-order valence-corrected chi connectivity index (χ1v) is 7.20. The highest BCUT2D eigenvalue weighted by molar-refractivity contribution is 5.22. The van der Waals surface area contributed by atoms with E-state index in [-0.39, 0.29) is 0 Å². The molecule has 0 N–H and O–H groups in total. The summed E-state index contributed by atoms with van der Waals surface area (Å²) in [6, 6.07) is 8.41. The van der Waals surface area contributed by atoms with Gasteiger partial charge in [0.15, 0.2) is 0 Å². The Kier molecular flexibility index (Phi) is 5.08. The molecule has 0 atom stereocenters. The van der Waals surface area contributed by atoms with Gasteiger partial charge in [-0.3, -0.25) is 9.97 Å². The van der Waals surface area contributed by atoms with Crippen LogP contribution in [0.15, 0.2) is 36.7 Å². The molecule has 0 aliphatic heterocycles. The van der Waals surface area contributed by atoms with Crippen molar-refractivity contribution in [3.8, 4) is 0 Å². The average molecular weight is 254 g/mol. The first kappa shape index (κ1) is 13.7. The van der Waals surface area contributed by atoms with Crippen molar-refractivity contribution >= 4 is 0 Å². The van der Waals surface area contributed by atoms with Crippen LogP contribution in [0.25, 0.3) is 0 Å². The zero-order chi connectivity index (χ0) is 13.5. The lowest BCUT2D eigenvalue weighted by molar-refractivity contribution is 0.762. The monoisotopic (exact) mass is 254 g/mol. The summed E-state index contributed by atoms with van der Waals surface area (Å²) in [5.41, 5.74) is 5.25. The minimum atomic E-state index is 1.05. The summed E-state index contributed by atoms with van der Waals surface area (Å²) in [6.45, 7) is 4.38. The van der Waals surface area contributed by atoms with Gasteiger partial charge >= 0.3 is 0 Å². The van der Waals surface area contributed by atoms with Crippen molar-refractivity contribution in [1.82, 2.24) is 9.97 Å². The van der Waals surface area contributed by atoms with E-state index >= 15 is 0 Å². The molecule has 0 bridgehead atoms. The summed E-state index contributed by atoms with van der Waals surface area (Å²) in [4.78, 5) is 9.01. The smallest absolute Gasteiger partial charge is 0.0435 e. The lowest BCUT2D eigenvalue weighted by Crippen LogP contribution is -2.01. The minimum absolute atomic E-state index is 1.05. The van der Waals surface area contributed by atoms with Crippen LogP contribution in [0, 0.1) is 0 Å². The molecular formula is C17H22N2. The number of aryl methyl sites for hydroxylation is 4. The van der Waals surface area contributed by atoms with E-state index < -0.39 is 0 Å². The molecule has 0 aliphatic rings. The molecule has 0 amide bonds. The molecule has 2 aromatic rings. The molecule has 2 nitrogen and oxygen atoms in total. The van der Waals surface area contributed by atoms with Crippen molar-refractivity contribution < 1.29 is 0 Å². The zero-order valence-corrected chi connectivity index (χ0v) is 11.9. The second-order valence-electron chi connectivity index (χ2n) is 4.78. The van der Waals surface area contributed by atoms with Gasteiger partial charge in [0.05, 0.1) is 0 Å². The quantitative estimate of drug-likeness (QED) is 0.784. The van der Waals surface area contributed by atoms with Crippen LogP contribution in [-0.2, 0) is 25.7 Å². The number of pyridine rings is 2. The largest absolute Gasteiger partial charge is 0.261 e. The summed E-state index contributed by atoms with van der Waals surface area (Å²) in [6.07, 6.45) is 9.13.